The number of ether oxygens (including phenoxy) is 1. The number of carbonyl (C=O) groups is 2. The molecule has 5 atom stereocenters. The van der Waals surface area contributed by atoms with E-state index >= 15 is 0 Å². The number of likely N-dealkylation sites (tertiary alicyclic amines) is 1. The Bertz CT molecular complexity index is 662. The molecule has 22 heavy (non-hydrogen) atoms. The van der Waals surface area contributed by atoms with E-state index in [9.17, 15) is 9.59 Å². The molecule has 3 aliphatic heterocycles. The summed E-state index contributed by atoms with van der Waals surface area (Å²) in [6.07, 6.45) is 3.88. The Labute approximate surface area is 129 Å². The molecule has 0 spiro atoms. The van der Waals surface area contributed by atoms with Crippen molar-refractivity contribution in [2.24, 2.45) is 11.8 Å². The maximum absolute atomic E-state index is 12.9. The van der Waals surface area contributed by atoms with Crippen LogP contribution in [0.4, 0.5) is 0 Å². The first-order valence-corrected chi connectivity index (χ1v) is 7.70. The van der Waals surface area contributed by atoms with E-state index in [0.29, 0.717) is 0 Å². The zero-order valence-corrected chi connectivity index (χ0v) is 12.9. The van der Waals surface area contributed by atoms with Gasteiger partial charge in [-0.15, -0.1) is 0 Å². The Morgan fingerprint density at radius 2 is 1.50 bits per heavy atom. The van der Waals surface area contributed by atoms with Crippen LogP contribution >= 0.6 is 0 Å². The Hall–Kier alpha value is -1.94. The fourth-order valence-corrected chi connectivity index (χ4v) is 4.32. The zero-order chi connectivity index (χ0) is 15.7. The maximum atomic E-state index is 12.9. The number of benzene rings is 1. The molecule has 114 valence electrons. The van der Waals surface area contributed by atoms with Gasteiger partial charge in [0.2, 0.25) is 11.8 Å². The SMILES string of the molecule is C[C@H](c1ccccc1)N1C(=O)[C@@H]2[C@@H](C1=O)[C@]1(C)C=C[C@]2(C)O1. The van der Waals surface area contributed by atoms with Crippen molar-refractivity contribution < 1.29 is 14.3 Å². The zero-order valence-electron chi connectivity index (χ0n) is 12.9. The lowest BCUT2D eigenvalue weighted by atomic mass is 9.73. The Balaban J connectivity index is 1.74. The van der Waals surface area contributed by atoms with E-state index in [1.165, 1.54) is 4.90 Å². The molecule has 2 amide bonds. The van der Waals surface area contributed by atoms with Gasteiger partial charge in [-0.05, 0) is 26.3 Å². The Kier molecular flexibility index (Phi) is 2.54. The topological polar surface area (TPSA) is 46.6 Å². The molecule has 0 unspecified atom stereocenters. The first kappa shape index (κ1) is 13.7. The van der Waals surface area contributed by atoms with E-state index in [0.717, 1.165) is 5.56 Å². The molecule has 0 N–H and O–H groups in total. The Morgan fingerprint density at radius 3 is 2.00 bits per heavy atom. The normalized spacial score (nSPS) is 40.4. The van der Waals surface area contributed by atoms with E-state index in [4.69, 9.17) is 4.74 Å². The summed E-state index contributed by atoms with van der Waals surface area (Å²) in [5.41, 5.74) is -0.338. The van der Waals surface area contributed by atoms with Crippen LogP contribution in [0.15, 0.2) is 42.5 Å². The standard InChI is InChI=1S/C18H19NO3/c1-11(12-7-5-4-6-8-12)19-15(20)13-14(16(19)21)18(3)10-9-17(13,2)22-18/h4-11,13-14H,1-3H3/t11-,13+,14+,17+,18+/m1/s1. The van der Waals surface area contributed by atoms with E-state index < -0.39 is 23.0 Å². The van der Waals surface area contributed by atoms with Gasteiger partial charge in [0.15, 0.2) is 0 Å². The quantitative estimate of drug-likeness (QED) is 0.622. The van der Waals surface area contributed by atoms with E-state index in [-0.39, 0.29) is 17.9 Å². The van der Waals surface area contributed by atoms with Gasteiger partial charge in [0.05, 0.1) is 29.1 Å². The average Bonchev–Trinajstić information content (AvgIpc) is 3.04. The molecule has 0 radical (unpaired) electrons. The molecule has 0 aliphatic carbocycles. The second-order valence-corrected chi connectivity index (χ2v) is 6.89. The number of hydrogen-bond donors (Lipinski definition) is 0. The molecule has 3 heterocycles. The minimum absolute atomic E-state index is 0.109. The summed E-state index contributed by atoms with van der Waals surface area (Å²) in [6.45, 7) is 5.72. The molecular formula is C18H19NO3. The van der Waals surface area contributed by atoms with Crippen molar-refractivity contribution in [2.75, 3.05) is 0 Å². The van der Waals surface area contributed by atoms with Crippen molar-refractivity contribution in [3.05, 3.63) is 48.0 Å². The summed E-state index contributed by atoms with van der Waals surface area (Å²) in [7, 11) is 0. The highest BCUT2D eigenvalue weighted by atomic mass is 16.5. The lowest BCUT2D eigenvalue weighted by Crippen LogP contribution is -2.40. The van der Waals surface area contributed by atoms with Crippen molar-refractivity contribution in [1.82, 2.24) is 4.90 Å². The first-order valence-electron chi connectivity index (χ1n) is 7.70. The van der Waals surface area contributed by atoms with E-state index in [2.05, 4.69) is 0 Å². The van der Waals surface area contributed by atoms with Gasteiger partial charge in [0, 0.05) is 0 Å². The highest BCUT2D eigenvalue weighted by molar-refractivity contribution is 6.08. The second kappa shape index (κ2) is 4.07. The maximum Gasteiger partial charge on any atom is 0.237 e. The summed E-state index contributed by atoms with van der Waals surface area (Å²) in [4.78, 5) is 27.3. The third-order valence-corrected chi connectivity index (χ3v) is 5.43. The molecule has 1 aromatic carbocycles. The number of amides is 2. The lowest BCUT2D eigenvalue weighted by Gasteiger charge is -2.29. The van der Waals surface area contributed by atoms with Crippen LogP contribution in [0.1, 0.15) is 32.4 Å². The van der Waals surface area contributed by atoms with Crippen LogP contribution in [0.3, 0.4) is 0 Å². The fraction of sp³-hybridized carbons (Fsp3) is 0.444. The van der Waals surface area contributed by atoms with Crippen LogP contribution in [0.2, 0.25) is 0 Å². The van der Waals surface area contributed by atoms with Crippen molar-refractivity contribution in [1.29, 1.82) is 0 Å². The molecule has 1 aromatic rings. The van der Waals surface area contributed by atoms with Crippen LogP contribution in [0.5, 0.6) is 0 Å². The highest BCUT2D eigenvalue weighted by Gasteiger charge is 2.70. The van der Waals surface area contributed by atoms with Gasteiger partial charge in [-0.25, -0.2) is 0 Å². The summed E-state index contributed by atoms with van der Waals surface area (Å²) in [6, 6.07) is 9.43. The van der Waals surface area contributed by atoms with Gasteiger partial charge in [-0.3, -0.25) is 14.5 Å². The van der Waals surface area contributed by atoms with Crippen LogP contribution in [-0.2, 0) is 14.3 Å². The minimum atomic E-state index is -0.655. The van der Waals surface area contributed by atoms with Gasteiger partial charge in [0.25, 0.3) is 0 Å². The molecular weight excluding hydrogens is 278 g/mol. The first-order chi connectivity index (χ1) is 10.4. The van der Waals surface area contributed by atoms with Crippen LogP contribution < -0.4 is 0 Å². The summed E-state index contributed by atoms with van der Waals surface area (Å²) in [5.74, 6) is -1.02. The molecule has 3 aliphatic rings. The van der Waals surface area contributed by atoms with Gasteiger partial charge < -0.3 is 4.74 Å². The summed E-state index contributed by atoms with van der Waals surface area (Å²) < 4.78 is 6.01. The number of nitrogens with zero attached hydrogens (tertiary/aromatic N) is 1. The van der Waals surface area contributed by atoms with Crippen molar-refractivity contribution in [3.8, 4) is 0 Å². The summed E-state index contributed by atoms with van der Waals surface area (Å²) in [5, 5.41) is 0. The van der Waals surface area contributed by atoms with E-state index in [1.807, 2.05) is 63.3 Å². The predicted molar refractivity (Wildman–Crippen MR) is 80.7 cm³/mol. The monoisotopic (exact) mass is 297 g/mol. The molecule has 2 fully saturated rings. The molecule has 2 bridgehead atoms. The Morgan fingerprint density at radius 1 is 1.00 bits per heavy atom. The number of fused-ring (bicyclic) bond motifs is 5. The fourth-order valence-electron chi connectivity index (χ4n) is 4.32. The second-order valence-electron chi connectivity index (χ2n) is 6.89. The summed E-state index contributed by atoms with van der Waals surface area (Å²) >= 11 is 0. The molecule has 0 saturated carbocycles. The third-order valence-electron chi connectivity index (χ3n) is 5.43. The van der Waals surface area contributed by atoms with Gasteiger partial charge in [-0.2, -0.15) is 0 Å². The van der Waals surface area contributed by atoms with Gasteiger partial charge >= 0.3 is 0 Å². The van der Waals surface area contributed by atoms with Crippen molar-refractivity contribution in [2.45, 2.75) is 38.0 Å². The van der Waals surface area contributed by atoms with Crippen LogP contribution in [0, 0.1) is 11.8 Å². The van der Waals surface area contributed by atoms with Crippen molar-refractivity contribution in [3.63, 3.8) is 0 Å². The third kappa shape index (κ3) is 1.51. The number of imide groups is 1. The van der Waals surface area contributed by atoms with Crippen LogP contribution in [0.25, 0.3) is 0 Å². The smallest absolute Gasteiger partial charge is 0.237 e. The molecule has 4 heteroatoms. The number of carbonyl (C=O) groups excluding carboxylic acids is 2. The number of rotatable bonds is 2. The number of hydrogen-bond acceptors (Lipinski definition) is 3. The molecule has 0 aromatic heterocycles. The molecule has 4 rings (SSSR count). The lowest BCUT2D eigenvalue weighted by molar-refractivity contribution is -0.148. The largest absolute Gasteiger partial charge is 0.359 e. The molecule has 4 nitrogen and oxygen atoms in total. The predicted octanol–water partition coefficient (Wildman–Crippen LogP) is 2.47. The van der Waals surface area contributed by atoms with Crippen LogP contribution in [-0.4, -0.2) is 27.9 Å². The average molecular weight is 297 g/mol. The van der Waals surface area contributed by atoms with Gasteiger partial charge in [-0.1, -0.05) is 42.5 Å². The van der Waals surface area contributed by atoms with E-state index in [1.54, 1.807) is 0 Å². The van der Waals surface area contributed by atoms with Crippen molar-refractivity contribution >= 4 is 11.8 Å². The highest BCUT2D eigenvalue weighted by Crippen LogP contribution is 2.57. The minimum Gasteiger partial charge on any atom is -0.359 e. The molecule has 2 saturated heterocycles. The van der Waals surface area contributed by atoms with Gasteiger partial charge in [0.1, 0.15) is 0 Å².